The SMILES string of the molecule is CCn1cnc2c(=O)n(-c3ccc(F)cc3)c(CC3CCC(C(F)(F)F)CC3)nc21. The lowest BCUT2D eigenvalue weighted by Gasteiger charge is -2.30. The molecule has 160 valence electrons. The zero-order valence-electron chi connectivity index (χ0n) is 16.5. The van der Waals surface area contributed by atoms with Crippen molar-refractivity contribution in [2.75, 3.05) is 0 Å². The molecule has 0 bridgehead atoms. The molecule has 0 spiro atoms. The molecule has 0 N–H and O–H groups in total. The summed E-state index contributed by atoms with van der Waals surface area (Å²) in [6.45, 7) is 2.49. The van der Waals surface area contributed by atoms with Crippen LogP contribution in [0.25, 0.3) is 16.9 Å². The van der Waals surface area contributed by atoms with Crippen molar-refractivity contribution < 1.29 is 17.6 Å². The van der Waals surface area contributed by atoms with Crippen LogP contribution in [0.3, 0.4) is 0 Å². The van der Waals surface area contributed by atoms with Crippen LogP contribution in [0.15, 0.2) is 35.4 Å². The van der Waals surface area contributed by atoms with Crippen molar-refractivity contribution in [3.8, 4) is 5.69 Å². The zero-order valence-corrected chi connectivity index (χ0v) is 16.5. The normalized spacial score (nSPS) is 20.0. The van der Waals surface area contributed by atoms with Gasteiger partial charge in [0, 0.05) is 13.0 Å². The first kappa shape index (κ1) is 20.6. The molecule has 0 saturated heterocycles. The van der Waals surface area contributed by atoms with Gasteiger partial charge in [0.15, 0.2) is 11.2 Å². The van der Waals surface area contributed by atoms with Gasteiger partial charge >= 0.3 is 6.18 Å². The number of nitrogens with zero attached hydrogens (tertiary/aromatic N) is 4. The summed E-state index contributed by atoms with van der Waals surface area (Å²) < 4.78 is 55.5. The highest BCUT2D eigenvalue weighted by atomic mass is 19.4. The van der Waals surface area contributed by atoms with E-state index in [-0.39, 0.29) is 29.8 Å². The second kappa shape index (κ2) is 7.85. The molecule has 0 atom stereocenters. The summed E-state index contributed by atoms with van der Waals surface area (Å²) in [7, 11) is 0. The lowest BCUT2D eigenvalue weighted by atomic mass is 9.80. The summed E-state index contributed by atoms with van der Waals surface area (Å²) in [5.41, 5.74) is 0.768. The minimum absolute atomic E-state index is 0.00218. The van der Waals surface area contributed by atoms with Gasteiger partial charge in [-0.05, 0) is 62.8 Å². The molecule has 2 aromatic heterocycles. The number of aryl methyl sites for hydroxylation is 1. The minimum atomic E-state index is -4.16. The molecule has 1 aliphatic rings. The van der Waals surface area contributed by atoms with Gasteiger partial charge in [0.1, 0.15) is 11.6 Å². The number of imidazole rings is 1. The Kier molecular flexibility index (Phi) is 5.38. The van der Waals surface area contributed by atoms with Gasteiger partial charge in [-0.15, -0.1) is 0 Å². The molecule has 9 heteroatoms. The van der Waals surface area contributed by atoms with Crippen molar-refractivity contribution in [2.45, 2.75) is 51.7 Å². The molecule has 1 saturated carbocycles. The summed E-state index contributed by atoms with van der Waals surface area (Å²) >= 11 is 0. The van der Waals surface area contributed by atoms with Crippen LogP contribution in [-0.4, -0.2) is 25.3 Å². The standard InChI is InChI=1S/C21H22F4N4O/c1-2-28-12-26-18-19(28)27-17(11-13-3-5-14(6-4-13)21(23,24)25)29(20(18)30)16-9-7-15(22)8-10-16/h7-10,12-14H,2-6,11H2,1H3. The van der Waals surface area contributed by atoms with E-state index in [0.29, 0.717) is 43.0 Å². The Morgan fingerprint density at radius 2 is 1.77 bits per heavy atom. The van der Waals surface area contributed by atoms with E-state index < -0.39 is 17.9 Å². The maximum Gasteiger partial charge on any atom is 0.391 e. The number of fused-ring (bicyclic) bond motifs is 1. The van der Waals surface area contributed by atoms with E-state index in [9.17, 15) is 22.4 Å². The molecule has 1 aromatic carbocycles. The van der Waals surface area contributed by atoms with E-state index in [2.05, 4.69) is 9.97 Å². The third-order valence-corrected chi connectivity index (χ3v) is 5.92. The Hall–Kier alpha value is -2.71. The second-order valence-corrected chi connectivity index (χ2v) is 7.81. The monoisotopic (exact) mass is 422 g/mol. The summed E-state index contributed by atoms with van der Waals surface area (Å²) in [6, 6.07) is 5.50. The van der Waals surface area contributed by atoms with Gasteiger partial charge in [-0.2, -0.15) is 13.2 Å². The number of hydrogen-bond donors (Lipinski definition) is 0. The highest BCUT2D eigenvalue weighted by molar-refractivity contribution is 5.70. The molecule has 0 radical (unpaired) electrons. The third-order valence-electron chi connectivity index (χ3n) is 5.92. The van der Waals surface area contributed by atoms with Gasteiger partial charge in [-0.25, -0.2) is 14.4 Å². The van der Waals surface area contributed by atoms with Gasteiger partial charge in [-0.1, -0.05) is 0 Å². The topological polar surface area (TPSA) is 52.7 Å². The van der Waals surface area contributed by atoms with Gasteiger partial charge in [-0.3, -0.25) is 9.36 Å². The lowest BCUT2D eigenvalue weighted by molar-refractivity contribution is -0.183. The molecule has 3 aromatic rings. The first-order valence-electron chi connectivity index (χ1n) is 10.1. The van der Waals surface area contributed by atoms with Crippen molar-refractivity contribution in [3.63, 3.8) is 0 Å². The molecule has 1 aliphatic carbocycles. The van der Waals surface area contributed by atoms with Crippen molar-refractivity contribution in [1.29, 1.82) is 0 Å². The average molecular weight is 422 g/mol. The van der Waals surface area contributed by atoms with Crippen LogP contribution in [-0.2, 0) is 13.0 Å². The van der Waals surface area contributed by atoms with Crippen LogP contribution < -0.4 is 5.56 Å². The molecule has 0 aliphatic heterocycles. The van der Waals surface area contributed by atoms with Gasteiger partial charge in [0.2, 0.25) is 0 Å². The molecule has 0 amide bonds. The van der Waals surface area contributed by atoms with E-state index in [0.717, 1.165) is 0 Å². The Bertz CT molecular complexity index is 1090. The van der Waals surface area contributed by atoms with Crippen LogP contribution in [0.2, 0.25) is 0 Å². The van der Waals surface area contributed by atoms with E-state index in [4.69, 9.17) is 0 Å². The van der Waals surface area contributed by atoms with E-state index in [1.165, 1.54) is 28.8 Å². The third kappa shape index (κ3) is 3.85. The fraction of sp³-hybridized carbons (Fsp3) is 0.476. The van der Waals surface area contributed by atoms with Crippen molar-refractivity contribution in [3.05, 3.63) is 52.6 Å². The second-order valence-electron chi connectivity index (χ2n) is 7.81. The minimum Gasteiger partial charge on any atom is -0.315 e. The van der Waals surface area contributed by atoms with Crippen molar-refractivity contribution in [1.82, 2.24) is 19.1 Å². The summed E-state index contributed by atoms with van der Waals surface area (Å²) in [4.78, 5) is 22.1. The molecule has 1 fully saturated rings. The van der Waals surface area contributed by atoms with Crippen LogP contribution in [0.4, 0.5) is 17.6 Å². The predicted octanol–water partition coefficient (Wildman–Crippen LogP) is 4.65. The average Bonchev–Trinajstić information content (AvgIpc) is 3.12. The molecule has 5 nitrogen and oxygen atoms in total. The highest BCUT2D eigenvalue weighted by Gasteiger charge is 2.41. The number of rotatable bonds is 4. The van der Waals surface area contributed by atoms with Crippen LogP contribution >= 0.6 is 0 Å². The summed E-state index contributed by atoms with van der Waals surface area (Å²) in [5.74, 6) is -1.23. The van der Waals surface area contributed by atoms with E-state index in [1.807, 2.05) is 6.92 Å². The summed E-state index contributed by atoms with van der Waals surface area (Å²) in [5, 5.41) is 0. The van der Waals surface area contributed by atoms with Crippen LogP contribution in [0.1, 0.15) is 38.4 Å². The molecule has 30 heavy (non-hydrogen) atoms. The zero-order chi connectivity index (χ0) is 21.5. The number of aromatic nitrogens is 4. The van der Waals surface area contributed by atoms with Gasteiger partial charge < -0.3 is 4.57 Å². The number of hydrogen-bond acceptors (Lipinski definition) is 3. The van der Waals surface area contributed by atoms with Crippen LogP contribution in [0.5, 0.6) is 0 Å². The first-order valence-corrected chi connectivity index (χ1v) is 10.1. The number of benzene rings is 1. The molecule has 2 heterocycles. The first-order chi connectivity index (χ1) is 14.3. The Morgan fingerprint density at radius 3 is 2.37 bits per heavy atom. The van der Waals surface area contributed by atoms with Crippen molar-refractivity contribution in [2.24, 2.45) is 11.8 Å². The molecule has 4 rings (SSSR count). The predicted molar refractivity (Wildman–Crippen MR) is 104 cm³/mol. The molecular formula is C21H22F4N4O. The smallest absolute Gasteiger partial charge is 0.315 e. The Balaban J connectivity index is 1.73. The highest BCUT2D eigenvalue weighted by Crippen LogP contribution is 2.40. The quantitative estimate of drug-likeness (QED) is 0.575. The molecular weight excluding hydrogens is 400 g/mol. The maximum atomic E-state index is 13.4. The number of alkyl halides is 3. The molecule has 0 unspecified atom stereocenters. The fourth-order valence-electron chi connectivity index (χ4n) is 4.22. The number of halogens is 4. The Labute approximate surface area is 170 Å². The van der Waals surface area contributed by atoms with Gasteiger partial charge in [0.05, 0.1) is 17.9 Å². The largest absolute Gasteiger partial charge is 0.391 e. The summed E-state index contributed by atoms with van der Waals surface area (Å²) in [6.07, 6.45) is -1.21. The van der Waals surface area contributed by atoms with Crippen LogP contribution in [0, 0.1) is 17.7 Å². The fourth-order valence-corrected chi connectivity index (χ4v) is 4.22. The van der Waals surface area contributed by atoms with E-state index >= 15 is 0 Å². The van der Waals surface area contributed by atoms with E-state index in [1.54, 1.807) is 10.9 Å². The Morgan fingerprint density at radius 1 is 1.10 bits per heavy atom. The van der Waals surface area contributed by atoms with Crippen molar-refractivity contribution >= 4 is 11.2 Å². The lowest BCUT2D eigenvalue weighted by Crippen LogP contribution is -2.30. The maximum absolute atomic E-state index is 13.4. The van der Waals surface area contributed by atoms with Gasteiger partial charge in [0.25, 0.3) is 5.56 Å².